The monoisotopic (exact) mass is 238 g/mol. The molecule has 2 rings (SSSR count). The lowest BCUT2D eigenvalue weighted by Gasteiger charge is -2.08. The van der Waals surface area contributed by atoms with Gasteiger partial charge >= 0.3 is 0 Å². The van der Waals surface area contributed by atoms with E-state index in [9.17, 15) is 9.50 Å². The van der Waals surface area contributed by atoms with Crippen LogP contribution in [0.2, 0.25) is 0 Å². The molecule has 1 atom stereocenters. The number of rotatable bonds is 3. The zero-order valence-electron chi connectivity index (χ0n) is 8.68. The van der Waals surface area contributed by atoms with E-state index in [4.69, 9.17) is 4.74 Å². The van der Waals surface area contributed by atoms with Gasteiger partial charge in [-0.15, -0.1) is 11.3 Å². The van der Waals surface area contributed by atoms with Crippen LogP contribution in [0.5, 0.6) is 5.75 Å². The number of ether oxygens (including phenoxy) is 1. The second-order valence-electron chi connectivity index (χ2n) is 3.35. The fourth-order valence-corrected chi connectivity index (χ4v) is 2.29. The molecule has 0 saturated carbocycles. The molecule has 2 nitrogen and oxygen atoms in total. The Morgan fingerprint density at radius 1 is 1.38 bits per heavy atom. The van der Waals surface area contributed by atoms with Gasteiger partial charge in [0, 0.05) is 10.3 Å². The van der Waals surface area contributed by atoms with Crippen LogP contribution in [0.3, 0.4) is 0 Å². The van der Waals surface area contributed by atoms with Crippen molar-refractivity contribution < 1.29 is 14.2 Å². The van der Waals surface area contributed by atoms with E-state index < -0.39 is 6.10 Å². The van der Waals surface area contributed by atoms with Crippen molar-refractivity contribution in [1.82, 2.24) is 0 Å². The third-order valence-corrected chi connectivity index (χ3v) is 3.23. The van der Waals surface area contributed by atoms with Crippen molar-refractivity contribution in [2.45, 2.75) is 6.10 Å². The van der Waals surface area contributed by atoms with Crippen molar-refractivity contribution in [2.75, 3.05) is 7.11 Å². The second kappa shape index (κ2) is 4.63. The zero-order chi connectivity index (χ0) is 11.5. The molecular weight excluding hydrogens is 227 g/mol. The van der Waals surface area contributed by atoms with Gasteiger partial charge in [0.15, 0.2) is 0 Å². The minimum atomic E-state index is -0.801. The SMILES string of the molecule is COc1csc(C(O)c2cccc(F)c2)c1. The molecule has 4 heteroatoms. The Kier molecular flexibility index (Phi) is 3.22. The molecule has 1 aromatic heterocycles. The molecule has 0 aliphatic rings. The van der Waals surface area contributed by atoms with Gasteiger partial charge in [0.1, 0.15) is 17.7 Å². The fraction of sp³-hybridized carbons (Fsp3) is 0.167. The summed E-state index contributed by atoms with van der Waals surface area (Å²) in [6, 6.07) is 7.71. The predicted molar refractivity (Wildman–Crippen MR) is 61.3 cm³/mol. The van der Waals surface area contributed by atoms with Crippen molar-refractivity contribution in [3.8, 4) is 5.75 Å². The first kappa shape index (κ1) is 11.1. The summed E-state index contributed by atoms with van der Waals surface area (Å²) >= 11 is 1.39. The van der Waals surface area contributed by atoms with Crippen LogP contribution in [0.4, 0.5) is 4.39 Å². The number of hydrogen-bond donors (Lipinski definition) is 1. The Bertz CT molecular complexity index is 481. The summed E-state index contributed by atoms with van der Waals surface area (Å²) in [6.45, 7) is 0. The van der Waals surface area contributed by atoms with Crippen molar-refractivity contribution in [2.24, 2.45) is 0 Å². The molecule has 0 aliphatic carbocycles. The topological polar surface area (TPSA) is 29.5 Å². The molecular formula is C12H11FO2S. The molecule has 1 N–H and O–H groups in total. The molecule has 2 aromatic rings. The Balaban J connectivity index is 2.27. The van der Waals surface area contributed by atoms with E-state index in [1.54, 1.807) is 30.7 Å². The third-order valence-electron chi connectivity index (χ3n) is 2.27. The Hall–Kier alpha value is -1.39. The van der Waals surface area contributed by atoms with E-state index in [0.29, 0.717) is 11.3 Å². The largest absolute Gasteiger partial charge is 0.496 e. The second-order valence-corrected chi connectivity index (χ2v) is 4.29. The molecule has 0 bridgehead atoms. The molecule has 0 radical (unpaired) electrons. The summed E-state index contributed by atoms with van der Waals surface area (Å²) in [5.41, 5.74) is 0.546. The minimum Gasteiger partial charge on any atom is -0.496 e. The van der Waals surface area contributed by atoms with Gasteiger partial charge in [0.25, 0.3) is 0 Å². The van der Waals surface area contributed by atoms with Crippen LogP contribution in [0.15, 0.2) is 35.7 Å². The van der Waals surface area contributed by atoms with E-state index in [1.807, 2.05) is 0 Å². The molecule has 0 fully saturated rings. The lowest BCUT2D eigenvalue weighted by Crippen LogP contribution is -1.97. The van der Waals surface area contributed by atoms with Gasteiger partial charge in [-0.2, -0.15) is 0 Å². The molecule has 1 heterocycles. The van der Waals surface area contributed by atoms with Gasteiger partial charge in [-0.05, 0) is 23.8 Å². The van der Waals surface area contributed by atoms with Crippen molar-refractivity contribution in [3.63, 3.8) is 0 Å². The maximum absolute atomic E-state index is 13.0. The fourth-order valence-electron chi connectivity index (χ4n) is 1.43. The van der Waals surface area contributed by atoms with E-state index in [1.165, 1.54) is 23.5 Å². The van der Waals surface area contributed by atoms with E-state index in [2.05, 4.69) is 0 Å². The summed E-state index contributed by atoms with van der Waals surface area (Å²) in [6.07, 6.45) is -0.801. The van der Waals surface area contributed by atoms with Crippen molar-refractivity contribution >= 4 is 11.3 Å². The molecule has 16 heavy (non-hydrogen) atoms. The highest BCUT2D eigenvalue weighted by atomic mass is 32.1. The van der Waals surface area contributed by atoms with Crippen molar-refractivity contribution in [1.29, 1.82) is 0 Å². The first-order chi connectivity index (χ1) is 7.70. The van der Waals surface area contributed by atoms with Gasteiger partial charge in [-0.3, -0.25) is 0 Å². The maximum atomic E-state index is 13.0. The molecule has 1 unspecified atom stereocenters. The number of thiophene rings is 1. The number of methoxy groups -OCH3 is 1. The Labute approximate surface area is 96.9 Å². The van der Waals surface area contributed by atoms with Crippen LogP contribution in [0.25, 0.3) is 0 Å². The summed E-state index contributed by atoms with van der Waals surface area (Å²) in [5, 5.41) is 11.8. The summed E-state index contributed by atoms with van der Waals surface area (Å²) in [4.78, 5) is 0.738. The van der Waals surface area contributed by atoms with E-state index >= 15 is 0 Å². The zero-order valence-corrected chi connectivity index (χ0v) is 9.50. The lowest BCUT2D eigenvalue weighted by atomic mass is 10.1. The maximum Gasteiger partial charge on any atom is 0.129 e. The average molecular weight is 238 g/mol. The van der Waals surface area contributed by atoms with Crippen LogP contribution < -0.4 is 4.74 Å². The third kappa shape index (κ3) is 2.23. The average Bonchev–Trinajstić information content (AvgIpc) is 2.76. The first-order valence-corrected chi connectivity index (χ1v) is 5.64. The summed E-state index contributed by atoms with van der Waals surface area (Å²) in [5.74, 6) is 0.357. The van der Waals surface area contributed by atoms with E-state index in [0.717, 1.165) is 4.88 Å². The highest BCUT2D eigenvalue weighted by Crippen LogP contribution is 2.30. The predicted octanol–water partition coefficient (Wildman–Crippen LogP) is 2.98. The highest BCUT2D eigenvalue weighted by Gasteiger charge is 2.13. The van der Waals surface area contributed by atoms with Crippen LogP contribution in [0, 0.1) is 5.82 Å². The van der Waals surface area contributed by atoms with Crippen LogP contribution in [-0.4, -0.2) is 12.2 Å². The molecule has 0 aliphatic heterocycles. The van der Waals surface area contributed by atoms with Crippen LogP contribution in [0.1, 0.15) is 16.5 Å². The minimum absolute atomic E-state index is 0.347. The summed E-state index contributed by atoms with van der Waals surface area (Å²) < 4.78 is 18.0. The van der Waals surface area contributed by atoms with Gasteiger partial charge in [-0.25, -0.2) is 4.39 Å². The summed E-state index contributed by atoms with van der Waals surface area (Å²) in [7, 11) is 1.57. The quantitative estimate of drug-likeness (QED) is 0.890. The first-order valence-electron chi connectivity index (χ1n) is 4.76. The number of aliphatic hydroxyl groups is 1. The number of halogens is 1. The van der Waals surface area contributed by atoms with Crippen molar-refractivity contribution in [3.05, 3.63) is 52.0 Å². The Morgan fingerprint density at radius 2 is 2.19 bits per heavy atom. The highest BCUT2D eigenvalue weighted by molar-refractivity contribution is 7.10. The van der Waals surface area contributed by atoms with Gasteiger partial charge in [0.2, 0.25) is 0 Å². The molecule has 84 valence electrons. The van der Waals surface area contributed by atoms with Crippen LogP contribution >= 0.6 is 11.3 Å². The standard InChI is InChI=1S/C12H11FO2S/c1-15-10-6-11(16-7-10)12(14)8-3-2-4-9(13)5-8/h2-7,12,14H,1H3. The van der Waals surface area contributed by atoms with Gasteiger partial charge < -0.3 is 9.84 Å². The lowest BCUT2D eigenvalue weighted by molar-refractivity contribution is 0.223. The van der Waals surface area contributed by atoms with Gasteiger partial charge in [0.05, 0.1) is 7.11 Å². The Morgan fingerprint density at radius 3 is 2.81 bits per heavy atom. The molecule has 0 amide bonds. The molecule has 1 aromatic carbocycles. The molecule has 0 spiro atoms. The van der Waals surface area contributed by atoms with Crippen LogP contribution in [-0.2, 0) is 0 Å². The molecule has 0 saturated heterocycles. The number of aliphatic hydroxyl groups excluding tert-OH is 1. The van der Waals surface area contributed by atoms with Gasteiger partial charge in [-0.1, -0.05) is 12.1 Å². The number of hydrogen-bond acceptors (Lipinski definition) is 3. The van der Waals surface area contributed by atoms with E-state index in [-0.39, 0.29) is 5.82 Å². The smallest absolute Gasteiger partial charge is 0.129 e. The number of benzene rings is 1. The normalized spacial score (nSPS) is 12.4.